The number of aliphatic imine (C=N–C) groups is 1. The van der Waals surface area contributed by atoms with Crippen molar-refractivity contribution in [2.75, 3.05) is 38.2 Å². The molecule has 31 heavy (non-hydrogen) atoms. The van der Waals surface area contributed by atoms with E-state index >= 15 is 0 Å². The largest absolute Gasteiger partial charge is 0.490 e. The van der Waals surface area contributed by atoms with E-state index < -0.39 is 0 Å². The number of nitrogens with one attached hydrogen (secondary N) is 3. The lowest BCUT2D eigenvalue weighted by Crippen LogP contribution is -2.35. The molecule has 170 valence electrons. The van der Waals surface area contributed by atoms with Crippen molar-refractivity contribution >= 4 is 52.9 Å². The van der Waals surface area contributed by atoms with E-state index in [1.165, 1.54) is 4.88 Å². The molecule has 0 atom stereocenters. The van der Waals surface area contributed by atoms with Crippen molar-refractivity contribution in [3.63, 3.8) is 0 Å². The highest BCUT2D eigenvalue weighted by atomic mass is 127. The first-order valence-corrected chi connectivity index (χ1v) is 11.4. The molecule has 1 aromatic heterocycles. The summed E-state index contributed by atoms with van der Waals surface area (Å²) in [6, 6.07) is 9.93. The number of guanidine groups is 1. The van der Waals surface area contributed by atoms with Gasteiger partial charge in [0.2, 0.25) is 5.91 Å². The molecule has 0 spiro atoms. The van der Waals surface area contributed by atoms with Gasteiger partial charge in [-0.05, 0) is 30.0 Å². The molecule has 9 heteroatoms. The van der Waals surface area contributed by atoms with Crippen LogP contribution in [-0.4, -0.2) is 44.7 Å². The fourth-order valence-electron chi connectivity index (χ4n) is 2.90. The average molecular weight is 558 g/mol. The molecule has 0 radical (unpaired) electrons. The summed E-state index contributed by atoms with van der Waals surface area (Å²) in [5.41, 5.74) is 0.858. The standard InChI is InChI=1S/C22H30N4O3S.HI/c1-2-10-23-21(27)9-12-25-22(24-11-8-18-5-3-15-30-18)26-17-6-7-19-20(16-17)29-14-4-13-28-19;/h3,5-7,15-16H,2,4,8-14H2,1H3,(H,23,27)(H2,24,25,26);1H. The number of carbonyl (C=O) groups is 1. The van der Waals surface area contributed by atoms with Crippen molar-refractivity contribution in [1.82, 2.24) is 10.6 Å². The summed E-state index contributed by atoms with van der Waals surface area (Å²) in [6.07, 6.45) is 3.07. The number of hydrogen-bond acceptors (Lipinski definition) is 5. The van der Waals surface area contributed by atoms with Crippen LogP contribution in [0.4, 0.5) is 5.69 Å². The number of benzene rings is 1. The summed E-state index contributed by atoms with van der Waals surface area (Å²) in [5.74, 6) is 2.17. The van der Waals surface area contributed by atoms with Crippen LogP contribution in [0.5, 0.6) is 11.5 Å². The lowest BCUT2D eigenvalue weighted by Gasteiger charge is -2.14. The summed E-state index contributed by atoms with van der Waals surface area (Å²) < 4.78 is 11.5. The van der Waals surface area contributed by atoms with E-state index in [1.54, 1.807) is 11.3 Å². The number of carbonyl (C=O) groups excluding carboxylic acids is 1. The minimum Gasteiger partial charge on any atom is -0.490 e. The summed E-state index contributed by atoms with van der Waals surface area (Å²) in [5, 5.41) is 11.5. The summed E-state index contributed by atoms with van der Waals surface area (Å²) in [4.78, 5) is 17.8. The van der Waals surface area contributed by atoms with Gasteiger partial charge in [0.05, 0.1) is 13.2 Å². The zero-order chi connectivity index (χ0) is 21.0. The van der Waals surface area contributed by atoms with Gasteiger partial charge in [-0.15, -0.1) is 35.3 Å². The molecule has 3 rings (SSSR count). The predicted octanol–water partition coefficient (Wildman–Crippen LogP) is 4.04. The van der Waals surface area contributed by atoms with Crippen molar-refractivity contribution in [3.8, 4) is 11.5 Å². The van der Waals surface area contributed by atoms with Gasteiger partial charge in [-0.25, -0.2) is 0 Å². The van der Waals surface area contributed by atoms with Crippen LogP contribution in [0.2, 0.25) is 0 Å². The van der Waals surface area contributed by atoms with Crippen LogP contribution in [0.3, 0.4) is 0 Å². The molecule has 0 saturated carbocycles. The van der Waals surface area contributed by atoms with Crippen LogP contribution < -0.4 is 25.4 Å². The van der Waals surface area contributed by atoms with Crippen LogP contribution in [-0.2, 0) is 11.2 Å². The van der Waals surface area contributed by atoms with Gasteiger partial charge in [0.15, 0.2) is 17.5 Å². The van der Waals surface area contributed by atoms with Crippen molar-refractivity contribution < 1.29 is 14.3 Å². The molecule has 0 unspecified atom stereocenters. The topological polar surface area (TPSA) is 84.0 Å². The normalized spacial score (nSPS) is 13.0. The zero-order valence-corrected chi connectivity index (χ0v) is 21.0. The van der Waals surface area contributed by atoms with E-state index in [1.807, 2.05) is 31.2 Å². The molecule has 0 bridgehead atoms. The highest BCUT2D eigenvalue weighted by Gasteiger charge is 2.11. The molecule has 0 fully saturated rings. The smallest absolute Gasteiger partial charge is 0.221 e. The highest BCUT2D eigenvalue weighted by Crippen LogP contribution is 2.32. The van der Waals surface area contributed by atoms with Gasteiger partial charge in [-0.2, -0.15) is 0 Å². The Balaban J connectivity index is 0.00000341. The molecule has 2 aromatic rings. The third-order valence-electron chi connectivity index (χ3n) is 4.44. The van der Waals surface area contributed by atoms with Crippen LogP contribution in [0.1, 0.15) is 31.1 Å². The monoisotopic (exact) mass is 558 g/mol. The maximum Gasteiger partial charge on any atom is 0.221 e. The Morgan fingerprint density at radius 2 is 1.97 bits per heavy atom. The van der Waals surface area contributed by atoms with Crippen LogP contribution >= 0.6 is 35.3 Å². The maximum atomic E-state index is 11.9. The molecular formula is C22H31IN4O3S. The molecule has 0 aliphatic carbocycles. The second kappa shape index (κ2) is 14.1. The number of anilines is 1. The number of thiophene rings is 1. The number of nitrogens with zero attached hydrogens (tertiary/aromatic N) is 1. The summed E-state index contributed by atoms with van der Waals surface area (Å²) in [7, 11) is 0. The Morgan fingerprint density at radius 1 is 1.13 bits per heavy atom. The first-order valence-electron chi connectivity index (χ1n) is 10.5. The number of rotatable bonds is 9. The fraction of sp³-hybridized carbons (Fsp3) is 0.455. The highest BCUT2D eigenvalue weighted by molar-refractivity contribution is 14.0. The molecule has 0 saturated heterocycles. The van der Waals surface area contributed by atoms with Crippen LogP contribution in [0, 0.1) is 0 Å². The number of amides is 1. The Hall–Kier alpha value is -2.01. The third kappa shape index (κ3) is 8.94. The van der Waals surface area contributed by atoms with Gasteiger partial charge >= 0.3 is 0 Å². The van der Waals surface area contributed by atoms with Crippen LogP contribution in [0.15, 0.2) is 40.7 Å². The predicted molar refractivity (Wildman–Crippen MR) is 137 cm³/mol. The second-order valence-electron chi connectivity index (χ2n) is 6.92. The number of halogens is 1. The van der Waals surface area contributed by atoms with E-state index in [2.05, 4.69) is 32.4 Å². The molecule has 1 aromatic carbocycles. The quantitative estimate of drug-likeness (QED) is 0.246. The van der Waals surface area contributed by atoms with E-state index in [0.717, 1.165) is 36.4 Å². The molecule has 1 aliphatic rings. The Bertz CT molecular complexity index is 830. The summed E-state index contributed by atoms with van der Waals surface area (Å²) in [6.45, 7) is 5.21. The minimum atomic E-state index is 0. The Kier molecular flexibility index (Phi) is 11.5. The first-order chi connectivity index (χ1) is 14.7. The number of fused-ring (bicyclic) bond motifs is 1. The van der Waals surface area contributed by atoms with Gasteiger partial charge in [0.1, 0.15) is 0 Å². The van der Waals surface area contributed by atoms with Crippen LogP contribution in [0.25, 0.3) is 0 Å². The lowest BCUT2D eigenvalue weighted by atomic mass is 10.2. The van der Waals surface area contributed by atoms with Crippen molar-refractivity contribution in [2.45, 2.75) is 32.6 Å². The molecule has 1 amide bonds. The van der Waals surface area contributed by atoms with E-state index in [4.69, 9.17) is 9.47 Å². The fourth-order valence-corrected chi connectivity index (χ4v) is 3.60. The van der Waals surface area contributed by atoms with Gasteiger partial charge in [0.25, 0.3) is 0 Å². The van der Waals surface area contributed by atoms with Crippen molar-refractivity contribution in [3.05, 3.63) is 40.6 Å². The van der Waals surface area contributed by atoms with E-state index in [0.29, 0.717) is 45.2 Å². The number of hydrogen-bond donors (Lipinski definition) is 3. The average Bonchev–Trinajstić information content (AvgIpc) is 3.15. The molecule has 1 aliphatic heterocycles. The first kappa shape index (κ1) is 25.3. The van der Waals surface area contributed by atoms with Gasteiger partial charge in [0, 0.05) is 55.5 Å². The second-order valence-corrected chi connectivity index (χ2v) is 7.96. The molecule has 7 nitrogen and oxygen atoms in total. The summed E-state index contributed by atoms with van der Waals surface area (Å²) >= 11 is 1.73. The SMILES string of the molecule is CCCNC(=O)CCNC(=NCCc1cccs1)Nc1ccc2c(c1)OCCCO2.I. The third-order valence-corrected chi connectivity index (χ3v) is 5.37. The van der Waals surface area contributed by atoms with E-state index in [9.17, 15) is 4.79 Å². The molecule has 2 heterocycles. The van der Waals surface area contributed by atoms with Gasteiger partial charge < -0.3 is 25.4 Å². The molecule has 3 N–H and O–H groups in total. The minimum absolute atomic E-state index is 0. The van der Waals surface area contributed by atoms with Gasteiger partial charge in [-0.1, -0.05) is 13.0 Å². The Morgan fingerprint density at radius 3 is 2.74 bits per heavy atom. The maximum absolute atomic E-state index is 11.9. The number of ether oxygens (including phenoxy) is 2. The lowest BCUT2D eigenvalue weighted by molar-refractivity contribution is -0.120. The zero-order valence-electron chi connectivity index (χ0n) is 17.8. The van der Waals surface area contributed by atoms with Crippen molar-refractivity contribution in [2.24, 2.45) is 4.99 Å². The van der Waals surface area contributed by atoms with Crippen molar-refractivity contribution in [1.29, 1.82) is 0 Å². The Labute approximate surface area is 205 Å². The molecular weight excluding hydrogens is 527 g/mol. The van der Waals surface area contributed by atoms with E-state index in [-0.39, 0.29) is 29.9 Å². The van der Waals surface area contributed by atoms with Gasteiger partial charge in [-0.3, -0.25) is 9.79 Å².